The van der Waals surface area contributed by atoms with E-state index in [-0.39, 0.29) is 11.7 Å². The number of amides is 1. The van der Waals surface area contributed by atoms with Crippen LogP contribution in [0.5, 0.6) is 0 Å². The largest absolute Gasteiger partial charge is 0.351 e. The van der Waals surface area contributed by atoms with Crippen molar-refractivity contribution < 1.29 is 9.18 Å². The van der Waals surface area contributed by atoms with Gasteiger partial charge in [0.15, 0.2) is 0 Å². The van der Waals surface area contributed by atoms with Gasteiger partial charge in [0.05, 0.1) is 23.2 Å². The smallest absolute Gasteiger partial charge is 0.269 e. The number of hydrogen-bond donors (Lipinski definition) is 1. The van der Waals surface area contributed by atoms with Crippen LogP contribution in [0.4, 0.5) is 4.39 Å². The molecule has 1 amide bonds. The van der Waals surface area contributed by atoms with Crippen molar-refractivity contribution >= 4 is 17.2 Å². The van der Waals surface area contributed by atoms with Gasteiger partial charge in [-0.2, -0.15) is 0 Å². The third-order valence-corrected chi connectivity index (χ3v) is 5.27. The zero-order chi connectivity index (χ0) is 20.1. The molecule has 0 atom stereocenters. The van der Waals surface area contributed by atoms with Gasteiger partial charge in [-0.1, -0.05) is 0 Å². The van der Waals surface area contributed by atoms with Gasteiger partial charge in [0.1, 0.15) is 11.5 Å². The molecule has 0 radical (unpaired) electrons. The quantitative estimate of drug-likeness (QED) is 0.472. The van der Waals surface area contributed by atoms with Crippen LogP contribution in [0.3, 0.4) is 0 Å². The van der Waals surface area contributed by atoms with Crippen LogP contribution < -0.4 is 5.32 Å². The summed E-state index contributed by atoms with van der Waals surface area (Å²) in [4.78, 5) is 25.2. The molecule has 4 rings (SSSR count). The molecule has 0 aliphatic rings. The molecule has 0 spiro atoms. The third kappa shape index (κ3) is 4.55. The third-order valence-electron chi connectivity index (χ3n) is 4.36. The molecule has 0 saturated carbocycles. The molecule has 0 unspecified atom stereocenters. The number of carbonyl (C=O) groups is 1. The van der Waals surface area contributed by atoms with Crippen molar-refractivity contribution in [1.82, 2.24) is 24.8 Å². The maximum Gasteiger partial charge on any atom is 0.269 e. The summed E-state index contributed by atoms with van der Waals surface area (Å²) in [6, 6.07) is 9.79. The molecule has 3 aromatic heterocycles. The zero-order valence-corrected chi connectivity index (χ0v) is 16.3. The highest BCUT2D eigenvalue weighted by molar-refractivity contribution is 7.09. The Morgan fingerprint density at radius 1 is 1.10 bits per heavy atom. The Balaban J connectivity index is 1.31. The number of imidazole rings is 1. The van der Waals surface area contributed by atoms with E-state index in [1.807, 2.05) is 17.5 Å². The standard InChI is InChI=1S/C21H18FN5OS/c22-16-3-5-17(6-4-16)27-14-24-12-19(27)21(28)25-9-1-2-20-26-18(13-29-20)15-7-10-23-11-8-15/h3-8,10-14H,1-2,9H2,(H,25,28). The first-order valence-corrected chi connectivity index (χ1v) is 10.00. The van der Waals surface area contributed by atoms with Crippen molar-refractivity contribution in [3.05, 3.63) is 83.2 Å². The molecular formula is C21H18FN5OS. The minimum Gasteiger partial charge on any atom is -0.351 e. The Bertz CT molecular complexity index is 1090. The number of nitrogens with one attached hydrogen (secondary N) is 1. The SMILES string of the molecule is O=C(NCCCc1nc(-c2ccncc2)cs1)c1cncn1-c1ccc(F)cc1. The highest BCUT2D eigenvalue weighted by Gasteiger charge is 2.13. The monoisotopic (exact) mass is 407 g/mol. The Morgan fingerprint density at radius 3 is 2.69 bits per heavy atom. The second kappa shape index (κ2) is 8.74. The summed E-state index contributed by atoms with van der Waals surface area (Å²) >= 11 is 1.61. The summed E-state index contributed by atoms with van der Waals surface area (Å²) in [5.74, 6) is -0.544. The maximum atomic E-state index is 13.1. The second-order valence-corrected chi connectivity index (χ2v) is 7.29. The lowest BCUT2D eigenvalue weighted by Crippen LogP contribution is -2.26. The molecule has 0 fully saturated rings. The van der Waals surface area contributed by atoms with Crippen LogP contribution in [-0.2, 0) is 6.42 Å². The van der Waals surface area contributed by atoms with Gasteiger partial charge in [-0.25, -0.2) is 14.4 Å². The summed E-state index contributed by atoms with van der Waals surface area (Å²) in [5.41, 5.74) is 3.08. The molecule has 0 saturated heterocycles. The lowest BCUT2D eigenvalue weighted by molar-refractivity contribution is 0.0946. The van der Waals surface area contributed by atoms with Crippen molar-refractivity contribution in [3.63, 3.8) is 0 Å². The fourth-order valence-electron chi connectivity index (χ4n) is 2.88. The Kier molecular flexibility index (Phi) is 5.71. The molecule has 29 heavy (non-hydrogen) atoms. The van der Waals surface area contributed by atoms with Gasteiger partial charge in [-0.3, -0.25) is 14.3 Å². The molecule has 6 nitrogen and oxygen atoms in total. The van der Waals surface area contributed by atoms with Crippen molar-refractivity contribution in [2.45, 2.75) is 12.8 Å². The molecule has 0 bridgehead atoms. The van der Waals surface area contributed by atoms with Crippen LogP contribution in [-0.4, -0.2) is 32.0 Å². The molecule has 3 heterocycles. The molecule has 146 valence electrons. The lowest BCUT2D eigenvalue weighted by atomic mass is 10.2. The minimum atomic E-state index is -0.325. The van der Waals surface area contributed by atoms with Crippen LogP contribution in [0.15, 0.2) is 66.7 Å². The maximum absolute atomic E-state index is 13.1. The lowest BCUT2D eigenvalue weighted by Gasteiger charge is -2.08. The number of rotatable bonds is 7. The van der Waals surface area contributed by atoms with Gasteiger partial charge in [-0.05, 0) is 42.8 Å². The number of hydrogen-bond acceptors (Lipinski definition) is 5. The van der Waals surface area contributed by atoms with E-state index in [1.54, 1.807) is 46.8 Å². The van der Waals surface area contributed by atoms with Crippen molar-refractivity contribution in [2.24, 2.45) is 0 Å². The number of benzene rings is 1. The Labute approximate surface area is 171 Å². The van der Waals surface area contributed by atoms with E-state index in [4.69, 9.17) is 0 Å². The molecule has 1 aromatic carbocycles. The Morgan fingerprint density at radius 2 is 1.90 bits per heavy atom. The number of aromatic nitrogens is 4. The van der Waals surface area contributed by atoms with E-state index < -0.39 is 0 Å². The van der Waals surface area contributed by atoms with Crippen LogP contribution in [0.2, 0.25) is 0 Å². The van der Waals surface area contributed by atoms with Crippen LogP contribution in [0.25, 0.3) is 16.9 Å². The Hall–Kier alpha value is -3.39. The summed E-state index contributed by atoms with van der Waals surface area (Å²) in [6.07, 6.45) is 8.10. The minimum absolute atomic E-state index is 0.219. The van der Waals surface area contributed by atoms with E-state index in [0.717, 1.165) is 29.1 Å². The molecule has 8 heteroatoms. The van der Waals surface area contributed by atoms with Crippen molar-refractivity contribution in [2.75, 3.05) is 6.54 Å². The number of thiazole rings is 1. The molecule has 4 aromatic rings. The predicted molar refractivity (Wildman–Crippen MR) is 110 cm³/mol. The first-order valence-electron chi connectivity index (χ1n) is 9.12. The van der Waals surface area contributed by atoms with Gasteiger partial charge in [-0.15, -0.1) is 11.3 Å². The fraction of sp³-hybridized carbons (Fsp3) is 0.143. The molecule has 1 N–H and O–H groups in total. The highest BCUT2D eigenvalue weighted by atomic mass is 32.1. The second-order valence-electron chi connectivity index (χ2n) is 6.35. The van der Waals surface area contributed by atoms with Crippen LogP contribution in [0, 0.1) is 5.82 Å². The van der Waals surface area contributed by atoms with Gasteiger partial charge in [0.25, 0.3) is 5.91 Å². The predicted octanol–water partition coefficient (Wildman–Crippen LogP) is 3.89. The van der Waals surface area contributed by atoms with Crippen LogP contribution >= 0.6 is 11.3 Å². The zero-order valence-electron chi connectivity index (χ0n) is 15.5. The average Bonchev–Trinajstić information content (AvgIpc) is 3.42. The van der Waals surface area contributed by atoms with Gasteiger partial charge < -0.3 is 5.32 Å². The fourth-order valence-corrected chi connectivity index (χ4v) is 3.73. The topological polar surface area (TPSA) is 72.7 Å². The first-order chi connectivity index (χ1) is 14.2. The molecule has 0 aliphatic heterocycles. The van der Waals surface area contributed by atoms with E-state index in [2.05, 4.69) is 20.3 Å². The van der Waals surface area contributed by atoms with Gasteiger partial charge >= 0.3 is 0 Å². The number of halogens is 1. The highest BCUT2D eigenvalue weighted by Crippen LogP contribution is 2.21. The van der Waals surface area contributed by atoms with Gasteiger partial charge in [0, 0.05) is 42.0 Å². The van der Waals surface area contributed by atoms with Crippen molar-refractivity contribution in [1.29, 1.82) is 0 Å². The summed E-state index contributed by atoms with van der Waals surface area (Å²) in [7, 11) is 0. The summed E-state index contributed by atoms with van der Waals surface area (Å²) in [5, 5.41) is 5.97. The van der Waals surface area contributed by atoms with Crippen molar-refractivity contribution in [3.8, 4) is 16.9 Å². The van der Waals surface area contributed by atoms with E-state index in [1.165, 1.54) is 18.3 Å². The average molecular weight is 407 g/mol. The molecular weight excluding hydrogens is 389 g/mol. The number of aryl methyl sites for hydroxylation is 1. The molecule has 0 aliphatic carbocycles. The summed E-state index contributed by atoms with van der Waals surface area (Å²) in [6.45, 7) is 0.525. The normalized spacial score (nSPS) is 10.8. The number of pyridine rings is 1. The number of carbonyl (C=O) groups excluding carboxylic acids is 1. The number of nitrogens with zero attached hydrogens (tertiary/aromatic N) is 4. The summed E-state index contributed by atoms with van der Waals surface area (Å²) < 4.78 is 14.8. The van der Waals surface area contributed by atoms with Crippen LogP contribution in [0.1, 0.15) is 21.9 Å². The van der Waals surface area contributed by atoms with E-state index >= 15 is 0 Å². The van der Waals surface area contributed by atoms with Gasteiger partial charge in [0.2, 0.25) is 0 Å². The van der Waals surface area contributed by atoms with E-state index in [9.17, 15) is 9.18 Å². The van der Waals surface area contributed by atoms with E-state index in [0.29, 0.717) is 17.9 Å². The first kappa shape index (κ1) is 18.9.